The molecular weight excluding hydrogens is 341 g/mol. The third-order valence-electron chi connectivity index (χ3n) is 3.46. The Bertz CT molecular complexity index is 782. The van der Waals surface area contributed by atoms with Gasteiger partial charge < -0.3 is 9.47 Å². The second kappa shape index (κ2) is 5.58. The van der Waals surface area contributed by atoms with Crippen LogP contribution in [0.15, 0.2) is 30.3 Å². The van der Waals surface area contributed by atoms with Gasteiger partial charge >= 0.3 is 0 Å². The van der Waals surface area contributed by atoms with E-state index in [0.717, 1.165) is 12.0 Å². The van der Waals surface area contributed by atoms with E-state index in [9.17, 15) is 10.1 Å². The highest BCUT2D eigenvalue weighted by molar-refractivity contribution is 6.37. The van der Waals surface area contributed by atoms with Crippen molar-refractivity contribution in [2.45, 2.75) is 25.9 Å². The highest BCUT2D eigenvalue weighted by Crippen LogP contribution is 2.46. The predicted molar refractivity (Wildman–Crippen MR) is 88.0 cm³/mol. The fourth-order valence-corrected chi connectivity index (χ4v) is 3.08. The summed E-state index contributed by atoms with van der Waals surface area (Å²) in [4.78, 5) is 10.3. The Balaban J connectivity index is 1.99. The Morgan fingerprint density at radius 2 is 1.91 bits per heavy atom. The molecule has 1 aliphatic rings. The maximum atomic E-state index is 10.8. The Kier molecular flexibility index (Phi) is 3.86. The SMILES string of the molecule is CC1(C)Cc2cccc(Oc3c(Cl)cc([N+](=O)[O-])cc3Cl)c2O1. The summed E-state index contributed by atoms with van der Waals surface area (Å²) in [7, 11) is 0. The molecule has 1 heterocycles. The molecule has 0 atom stereocenters. The second-order valence-corrected chi connectivity index (χ2v) is 6.70. The van der Waals surface area contributed by atoms with E-state index in [-0.39, 0.29) is 27.1 Å². The Labute approximate surface area is 142 Å². The van der Waals surface area contributed by atoms with E-state index in [2.05, 4.69) is 0 Å². The third-order valence-corrected chi connectivity index (χ3v) is 4.02. The first-order chi connectivity index (χ1) is 10.8. The second-order valence-electron chi connectivity index (χ2n) is 5.88. The maximum absolute atomic E-state index is 10.8. The molecular formula is C16H13Cl2NO4. The number of rotatable bonds is 3. The summed E-state index contributed by atoms with van der Waals surface area (Å²) in [5.41, 5.74) is 0.523. The lowest BCUT2D eigenvalue weighted by atomic mass is 10.0. The zero-order valence-corrected chi connectivity index (χ0v) is 13.9. The van der Waals surface area contributed by atoms with Gasteiger partial charge in [0.05, 0.1) is 15.0 Å². The molecule has 7 heteroatoms. The van der Waals surface area contributed by atoms with Crippen LogP contribution in [-0.4, -0.2) is 10.5 Å². The summed E-state index contributed by atoms with van der Waals surface area (Å²) < 4.78 is 11.7. The monoisotopic (exact) mass is 353 g/mol. The van der Waals surface area contributed by atoms with Crippen LogP contribution < -0.4 is 9.47 Å². The van der Waals surface area contributed by atoms with Gasteiger partial charge in [-0.1, -0.05) is 35.3 Å². The number of halogens is 2. The minimum absolute atomic E-state index is 0.0686. The largest absolute Gasteiger partial charge is 0.483 e. The van der Waals surface area contributed by atoms with Gasteiger partial charge in [-0.3, -0.25) is 10.1 Å². The van der Waals surface area contributed by atoms with E-state index in [1.165, 1.54) is 12.1 Å². The molecule has 3 rings (SSSR count). The summed E-state index contributed by atoms with van der Waals surface area (Å²) in [5.74, 6) is 1.29. The zero-order valence-electron chi connectivity index (χ0n) is 12.4. The van der Waals surface area contributed by atoms with Crippen molar-refractivity contribution < 1.29 is 14.4 Å². The molecule has 0 saturated carbocycles. The lowest BCUT2D eigenvalue weighted by Crippen LogP contribution is -2.24. The van der Waals surface area contributed by atoms with Gasteiger partial charge in [-0.05, 0) is 19.9 Å². The Hall–Kier alpha value is -1.98. The lowest BCUT2D eigenvalue weighted by molar-refractivity contribution is -0.384. The van der Waals surface area contributed by atoms with Crippen LogP contribution in [0, 0.1) is 10.1 Å². The van der Waals surface area contributed by atoms with Crippen molar-refractivity contribution in [2.24, 2.45) is 0 Å². The van der Waals surface area contributed by atoms with Gasteiger partial charge in [0.1, 0.15) is 5.60 Å². The Morgan fingerprint density at radius 1 is 1.26 bits per heavy atom. The fourth-order valence-electron chi connectivity index (χ4n) is 2.53. The molecule has 0 saturated heterocycles. The number of fused-ring (bicyclic) bond motifs is 1. The van der Waals surface area contributed by atoms with E-state index in [1.807, 2.05) is 26.0 Å². The first-order valence-electron chi connectivity index (χ1n) is 6.89. The molecule has 0 amide bonds. The summed E-state index contributed by atoms with van der Waals surface area (Å²) >= 11 is 12.2. The van der Waals surface area contributed by atoms with Crippen molar-refractivity contribution in [2.75, 3.05) is 0 Å². The molecule has 0 spiro atoms. The summed E-state index contributed by atoms with van der Waals surface area (Å²) in [6.07, 6.45) is 0.765. The summed E-state index contributed by atoms with van der Waals surface area (Å²) in [5, 5.41) is 11.0. The molecule has 0 bridgehead atoms. The average molecular weight is 354 g/mol. The quantitative estimate of drug-likeness (QED) is 0.546. The van der Waals surface area contributed by atoms with E-state index in [1.54, 1.807) is 6.07 Å². The number of para-hydroxylation sites is 1. The number of non-ortho nitro benzene ring substituents is 1. The van der Waals surface area contributed by atoms with Gasteiger partial charge in [-0.2, -0.15) is 0 Å². The molecule has 0 unspecified atom stereocenters. The number of nitrogens with zero attached hydrogens (tertiary/aromatic N) is 1. The number of hydrogen-bond donors (Lipinski definition) is 0. The number of ether oxygens (including phenoxy) is 2. The maximum Gasteiger partial charge on any atom is 0.272 e. The Morgan fingerprint density at radius 3 is 2.52 bits per heavy atom. The van der Waals surface area contributed by atoms with Crippen molar-refractivity contribution in [1.82, 2.24) is 0 Å². The zero-order chi connectivity index (χ0) is 16.8. The van der Waals surface area contributed by atoms with Crippen LogP contribution in [0.25, 0.3) is 0 Å². The van der Waals surface area contributed by atoms with Crippen LogP contribution in [0.3, 0.4) is 0 Å². The molecule has 120 valence electrons. The van der Waals surface area contributed by atoms with Crippen LogP contribution in [0.5, 0.6) is 17.2 Å². The van der Waals surface area contributed by atoms with Crippen LogP contribution in [0.1, 0.15) is 19.4 Å². The third kappa shape index (κ3) is 3.07. The molecule has 0 aliphatic carbocycles. The van der Waals surface area contributed by atoms with Gasteiger partial charge in [0, 0.05) is 24.1 Å². The van der Waals surface area contributed by atoms with Crippen LogP contribution >= 0.6 is 23.2 Å². The van der Waals surface area contributed by atoms with Crippen LogP contribution in [0.4, 0.5) is 5.69 Å². The van der Waals surface area contributed by atoms with Gasteiger partial charge in [0.25, 0.3) is 5.69 Å². The van der Waals surface area contributed by atoms with Crippen molar-refractivity contribution >= 4 is 28.9 Å². The molecule has 0 aromatic heterocycles. The molecule has 0 N–H and O–H groups in total. The number of nitro benzene ring substituents is 1. The topological polar surface area (TPSA) is 61.6 Å². The van der Waals surface area contributed by atoms with E-state index >= 15 is 0 Å². The molecule has 23 heavy (non-hydrogen) atoms. The molecule has 1 aliphatic heterocycles. The first kappa shape index (κ1) is 15.9. The average Bonchev–Trinajstić information content (AvgIpc) is 2.77. The predicted octanol–water partition coefficient (Wildman–Crippen LogP) is 5.41. The van der Waals surface area contributed by atoms with Crippen LogP contribution in [0.2, 0.25) is 10.0 Å². The van der Waals surface area contributed by atoms with Gasteiger partial charge in [-0.15, -0.1) is 0 Å². The number of benzene rings is 2. The van der Waals surface area contributed by atoms with Gasteiger partial charge in [0.2, 0.25) is 0 Å². The minimum Gasteiger partial charge on any atom is -0.483 e. The van der Waals surface area contributed by atoms with Crippen molar-refractivity contribution in [1.29, 1.82) is 0 Å². The molecule has 2 aromatic carbocycles. The van der Waals surface area contributed by atoms with Gasteiger partial charge in [-0.25, -0.2) is 0 Å². The fraction of sp³-hybridized carbons (Fsp3) is 0.250. The normalized spacial score (nSPS) is 15.0. The highest BCUT2D eigenvalue weighted by Gasteiger charge is 2.32. The lowest BCUT2D eigenvalue weighted by Gasteiger charge is -2.18. The van der Waals surface area contributed by atoms with E-state index in [4.69, 9.17) is 32.7 Å². The van der Waals surface area contributed by atoms with Crippen molar-refractivity contribution in [3.63, 3.8) is 0 Å². The highest BCUT2D eigenvalue weighted by atomic mass is 35.5. The van der Waals surface area contributed by atoms with Crippen molar-refractivity contribution in [3.8, 4) is 17.2 Å². The molecule has 0 radical (unpaired) electrons. The van der Waals surface area contributed by atoms with Crippen LogP contribution in [-0.2, 0) is 6.42 Å². The molecule has 5 nitrogen and oxygen atoms in total. The summed E-state index contributed by atoms with van der Waals surface area (Å²) in [6.45, 7) is 3.98. The number of nitro groups is 1. The smallest absolute Gasteiger partial charge is 0.272 e. The standard InChI is InChI=1S/C16H13Cl2NO4/c1-16(2)8-9-4-3-5-13(14(9)23-16)22-15-11(17)6-10(19(20)21)7-12(15)18/h3-7H,8H2,1-2H3. The molecule has 2 aromatic rings. The van der Waals surface area contributed by atoms with Gasteiger partial charge in [0.15, 0.2) is 17.2 Å². The minimum atomic E-state index is -0.562. The van der Waals surface area contributed by atoms with Crippen molar-refractivity contribution in [3.05, 3.63) is 56.1 Å². The first-order valence-corrected chi connectivity index (χ1v) is 7.64. The van der Waals surface area contributed by atoms with E-state index < -0.39 is 4.92 Å². The van der Waals surface area contributed by atoms with E-state index in [0.29, 0.717) is 11.5 Å². The molecule has 0 fully saturated rings. The summed E-state index contributed by atoms with van der Waals surface area (Å²) in [6, 6.07) is 7.98. The number of hydrogen-bond acceptors (Lipinski definition) is 4.